The summed E-state index contributed by atoms with van der Waals surface area (Å²) in [5, 5.41) is 6.28. The zero-order valence-corrected chi connectivity index (χ0v) is 17.0. The van der Waals surface area contributed by atoms with Crippen LogP contribution in [0, 0.1) is 5.92 Å². The van der Waals surface area contributed by atoms with Gasteiger partial charge in [-0.2, -0.15) is 0 Å². The largest absolute Gasteiger partial charge is 0.431 e. The van der Waals surface area contributed by atoms with Crippen molar-refractivity contribution in [2.24, 2.45) is 5.92 Å². The van der Waals surface area contributed by atoms with Gasteiger partial charge >= 0.3 is 6.92 Å². The van der Waals surface area contributed by atoms with E-state index in [2.05, 4.69) is 31.4 Å². The Kier molecular flexibility index (Phi) is 7.38. The summed E-state index contributed by atoms with van der Waals surface area (Å²) >= 11 is 11.9. The maximum atomic E-state index is 12.3. The summed E-state index contributed by atoms with van der Waals surface area (Å²) in [4.78, 5) is 24.5. The summed E-state index contributed by atoms with van der Waals surface area (Å²) < 4.78 is 5.80. The van der Waals surface area contributed by atoms with Crippen molar-refractivity contribution in [1.29, 1.82) is 0 Å². The van der Waals surface area contributed by atoms with Crippen molar-refractivity contribution in [3.63, 3.8) is 0 Å². The molecule has 1 aliphatic heterocycles. The highest BCUT2D eigenvalue weighted by molar-refractivity contribution is 6.58. The number of hydrogen-bond acceptors (Lipinski definition) is 3. The zero-order chi connectivity index (χ0) is 19.4. The van der Waals surface area contributed by atoms with Crippen LogP contribution in [0.2, 0.25) is 15.9 Å². The fourth-order valence-corrected chi connectivity index (χ4v) is 3.48. The molecule has 1 saturated heterocycles. The van der Waals surface area contributed by atoms with Crippen molar-refractivity contribution in [2.45, 2.75) is 52.0 Å². The van der Waals surface area contributed by atoms with Crippen LogP contribution in [0.4, 0.5) is 0 Å². The lowest BCUT2D eigenvalue weighted by Gasteiger charge is -2.43. The molecular formula is C18H25BCl2N2O3. The van der Waals surface area contributed by atoms with E-state index in [1.165, 1.54) is 6.07 Å². The summed E-state index contributed by atoms with van der Waals surface area (Å²) in [5.41, 5.74) is 0.246. The average molecular weight is 399 g/mol. The topological polar surface area (TPSA) is 67.4 Å². The molecule has 0 aliphatic carbocycles. The highest BCUT2D eigenvalue weighted by Gasteiger charge is 2.46. The van der Waals surface area contributed by atoms with Crippen LogP contribution in [-0.2, 0) is 9.45 Å². The molecule has 1 heterocycles. The number of carbonyl (C=O) groups excluding carboxylic acids is 2. The first-order valence-electron chi connectivity index (χ1n) is 8.87. The van der Waals surface area contributed by atoms with Crippen molar-refractivity contribution in [1.82, 2.24) is 10.6 Å². The highest BCUT2D eigenvalue weighted by Crippen LogP contribution is 2.33. The van der Waals surface area contributed by atoms with E-state index in [0.717, 1.165) is 6.42 Å². The van der Waals surface area contributed by atoms with Gasteiger partial charge in [-0.3, -0.25) is 9.59 Å². The van der Waals surface area contributed by atoms with Crippen LogP contribution >= 0.6 is 23.2 Å². The maximum absolute atomic E-state index is 12.3. The second kappa shape index (κ2) is 9.11. The van der Waals surface area contributed by atoms with Crippen LogP contribution in [0.5, 0.6) is 0 Å². The first-order chi connectivity index (χ1) is 12.2. The Bertz CT molecular complexity index is 672. The van der Waals surface area contributed by atoms with Gasteiger partial charge in [-0.25, -0.2) is 0 Å². The maximum Gasteiger partial charge on any atom is 0.321 e. The number of hydrogen-bond donors (Lipinski definition) is 2. The van der Waals surface area contributed by atoms with Crippen molar-refractivity contribution in [2.75, 3.05) is 6.54 Å². The minimum atomic E-state index is -0.435. The fraction of sp³-hybridized carbons (Fsp3) is 0.556. The lowest BCUT2D eigenvalue weighted by Crippen LogP contribution is -2.60. The van der Waals surface area contributed by atoms with Crippen LogP contribution in [-0.4, -0.2) is 37.3 Å². The van der Waals surface area contributed by atoms with E-state index >= 15 is 0 Å². The lowest BCUT2D eigenvalue weighted by atomic mass is 9.43. The van der Waals surface area contributed by atoms with Crippen molar-refractivity contribution >= 4 is 41.9 Å². The molecule has 142 valence electrons. The molecule has 0 saturated carbocycles. The molecule has 8 heteroatoms. The Hall–Kier alpha value is -1.24. The molecule has 1 aromatic carbocycles. The van der Waals surface area contributed by atoms with Gasteiger partial charge in [-0.05, 0) is 43.3 Å². The van der Waals surface area contributed by atoms with Crippen molar-refractivity contribution < 1.29 is 14.2 Å². The summed E-state index contributed by atoms with van der Waals surface area (Å²) in [6.07, 6.45) is 1.03. The monoisotopic (exact) mass is 398 g/mol. The first-order valence-corrected chi connectivity index (χ1v) is 9.62. The summed E-state index contributed by atoms with van der Waals surface area (Å²) in [5.74, 6) is 0.0542. The zero-order valence-electron chi connectivity index (χ0n) is 15.5. The molecule has 0 aromatic heterocycles. The minimum absolute atomic E-state index is 0.00873. The second-order valence-electron chi connectivity index (χ2n) is 7.28. The number of rotatable bonds is 7. The summed E-state index contributed by atoms with van der Waals surface area (Å²) in [6, 6.07) is 4.63. The third-order valence-corrected chi connectivity index (χ3v) is 5.25. The van der Waals surface area contributed by atoms with E-state index in [4.69, 9.17) is 27.9 Å². The fourth-order valence-electron chi connectivity index (χ4n) is 3.10. The van der Waals surface area contributed by atoms with E-state index < -0.39 is 5.91 Å². The van der Waals surface area contributed by atoms with Crippen molar-refractivity contribution in [3.05, 3.63) is 33.8 Å². The van der Waals surface area contributed by atoms with Crippen molar-refractivity contribution in [3.8, 4) is 0 Å². The van der Waals surface area contributed by atoms with E-state index in [0.29, 0.717) is 16.8 Å². The molecule has 0 bridgehead atoms. The number of nitrogens with one attached hydrogen (secondary N) is 2. The van der Waals surface area contributed by atoms with Crippen LogP contribution in [0.1, 0.15) is 44.5 Å². The van der Waals surface area contributed by atoms with Gasteiger partial charge < -0.3 is 15.3 Å². The van der Waals surface area contributed by atoms with Gasteiger partial charge in [0, 0.05) is 17.1 Å². The number of amides is 2. The van der Waals surface area contributed by atoms with E-state index in [-0.39, 0.29) is 42.0 Å². The van der Waals surface area contributed by atoms with Crippen LogP contribution in [0.3, 0.4) is 0 Å². The molecule has 1 aromatic rings. The average Bonchev–Trinajstić information content (AvgIpc) is 2.58. The van der Waals surface area contributed by atoms with Gasteiger partial charge in [0.05, 0.1) is 17.1 Å². The van der Waals surface area contributed by atoms with E-state index in [9.17, 15) is 9.59 Å². The predicted octanol–water partition coefficient (Wildman–Crippen LogP) is 3.59. The van der Waals surface area contributed by atoms with Gasteiger partial charge in [-0.1, -0.05) is 44.0 Å². The summed E-state index contributed by atoms with van der Waals surface area (Å²) in [6.45, 7) is 8.25. The van der Waals surface area contributed by atoms with Gasteiger partial charge in [0.1, 0.15) is 0 Å². The third kappa shape index (κ3) is 5.38. The Balaban J connectivity index is 1.91. The Morgan fingerprint density at radius 3 is 2.54 bits per heavy atom. The molecule has 2 unspecified atom stereocenters. The van der Waals surface area contributed by atoms with Crippen LogP contribution < -0.4 is 10.6 Å². The standard InChI is InChI=1S/C18H25BCl2N2O3/c1-10(2)7-16(19-11(3)12(4)26-19)23-17(24)9-22-18(25)14-8-13(20)5-6-15(14)21/h5-6,8,10-12,16H,7,9H2,1-4H3,(H,22,25)(H,23,24)/t11?,12?,16-/m0/s1. The van der Waals surface area contributed by atoms with Gasteiger partial charge in [0.25, 0.3) is 5.91 Å². The molecule has 1 aliphatic rings. The molecule has 2 N–H and O–H groups in total. The molecule has 2 amide bonds. The van der Waals surface area contributed by atoms with E-state index in [1.807, 2.05) is 6.92 Å². The first kappa shape index (κ1) is 21.1. The summed E-state index contributed by atoms with van der Waals surface area (Å²) in [7, 11) is 0. The smallest absolute Gasteiger partial charge is 0.321 e. The molecule has 0 radical (unpaired) electrons. The quantitative estimate of drug-likeness (QED) is 0.689. The number of benzene rings is 1. The molecule has 3 atom stereocenters. The highest BCUT2D eigenvalue weighted by atomic mass is 35.5. The SMILES string of the molecule is CC(C)C[C@H](NC(=O)CNC(=O)c1cc(Cl)ccc1Cl)B1OC(C)C1C. The number of carbonyl (C=O) groups is 2. The lowest BCUT2D eigenvalue weighted by molar-refractivity contribution is -0.120. The molecule has 26 heavy (non-hydrogen) atoms. The predicted molar refractivity (Wildman–Crippen MR) is 106 cm³/mol. The second-order valence-corrected chi connectivity index (χ2v) is 8.12. The van der Waals surface area contributed by atoms with Crippen LogP contribution in [0.25, 0.3) is 0 Å². The molecule has 0 spiro atoms. The minimum Gasteiger partial charge on any atom is -0.431 e. The normalized spacial score (nSPS) is 20.5. The van der Waals surface area contributed by atoms with Crippen LogP contribution in [0.15, 0.2) is 18.2 Å². The molecule has 1 fully saturated rings. The number of halogens is 2. The third-order valence-electron chi connectivity index (χ3n) is 4.68. The Labute approximate surface area is 165 Å². The molecule has 5 nitrogen and oxygen atoms in total. The Morgan fingerprint density at radius 2 is 1.96 bits per heavy atom. The molecule has 2 rings (SSSR count). The Morgan fingerprint density at radius 1 is 1.27 bits per heavy atom. The van der Waals surface area contributed by atoms with Gasteiger partial charge in [0.2, 0.25) is 5.91 Å². The van der Waals surface area contributed by atoms with Gasteiger partial charge in [-0.15, -0.1) is 0 Å². The van der Waals surface area contributed by atoms with Gasteiger partial charge in [0.15, 0.2) is 0 Å². The molecular weight excluding hydrogens is 374 g/mol. The van der Waals surface area contributed by atoms with E-state index in [1.54, 1.807) is 12.1 Å².